The lowest BCUT2D eigenvalue weighted by Crippen LogP contribution is -2.19. The Morgan fingerprint density at radius 2 is 2.15 bits per heavy atom. The summed E-state index contributed by atoms with van der Waals surface area (Å²) < 4.78 is 10.4. The number of rotatable bonds is 7. The van der Waals surface area contributed by atoms with Crippen molar-refractivity contribution in [2.24, 2.45) is 5.10 Å². The fraction of sp³-hybridized carbons (Fsp3) is 0.167. The standard InChI is InChI=1S/C18H17ClN4O3S/c1-25-15-8-11(7-12(19)17(15)26-2)9-20-23-16(24)10-27-18-21-13-5-3-4-6-14(13)22-18/h3-9H,10H2,1-2H3,(H,21,22)(H,23,24)/b20-9-. The molecule has 27 heavy (non-hydrogen) atoms. The van der Waals surface area contributed by atoms with Crippen molar-refractivity contribution in [2.75, 3.05) is 20.0 Å². The summed E-state index contributed by atoms with van der Waals surface area (Å²) >= 11 is 7.44. The van der Waals surface area contributed by atoms with Crippen LogP contribution < -0.4 is 14.9 Å². The third-order valence-electron chi connectivity index (χ3n) is 3.57. The van der Waals surface area contributed by atoms with Crippen molar-refractivity contribution in [2.45, 2.75) is 5.16 Å². The highest BCUT2D eigenvalue weighted by Gasteiger charge is 2.10. The van der Waals surface area contributed by atoms with E-state index >= 15 is 0 Å². The van der Waals surface area contributed by atoms with E-state index in [9.17, 15) is 4.79 Å². The second kappa shape index (κ2) is 8.79. The van der Waals surface area contributed by atoms with Gasteiger partial charge in [0.15, 0.2) is 16.7 Å². The van der Waals surface area contributed by atoms with Crippen LogP contribution in [0.4, 0.5) is 0 Å². The number of carbonyl (C=O) groups excluding carboxylic acids is 1. The molecule has 2 N–H and O–H groups in total. The predicted molar refractivity (Wildman–Crippen MR) is 107 cm³/mol. The van der Waals surface area contributed by atoms with Crippen LogP contribution >= 0.6 is 23.4 Å². The molecule has 0 saturated carbocycles. The van der Waals surface area contributed by atoms with Gasteiger partial charge >= 0.3 is 0 Å². The first kappa shape index (κ1) is 19.1. The molecule has 0 aliphatic carbocycles. The third kappa shape index (κ3) is 4.72. The molecule has 0 atom stereocenters. The highest BCUT2D eigenvalue weighted by atomic mass is 35.5. The summed E-state index contributed by atoms with van der Waals surface area (Å²) in [6, 6.07) is 11.1. The van der Waals surface area contributed by atoms with Crippen LogP contribution in [0.3, 0.4) is 0 Å². The van der Waals surface area contributed by atoms with Crippen molar-refractivity contribution >= 4 is 46.5 Å². The van der Waals surface area contributed by atoms with Crippen LogP contribution in [0.15, 0.2) is 46.7 Å². The molecule has 7 nitrogen and oxygen atoms in total. The van der Waals surface area contributed by atoms with Gasteiger partial charge in [-0.25, -0.2) is 10.4 Å². The normalized spacial score (nSPS) is 11.1. The Morgan fingerprint density at radius 1 is 1.33 bits per heavy atom. The number of thioether (sulfide) groups is 1. The molecule has 3 rings (SSSR count). The Bertz CT molecular complexity index is 957. The van der Waals surface area contributed by atoms with Gasteiger partial charge in [-0.2, -0.15) is 5.10 Å². The van der Waals surface area contributed by atoms with Gasteiger partial charge in [0.25, 0.3) is 5.91 Å². The van der Waals surface area contributed by atoms with Crippen molar-refractivity contribution in [3.8, 4) is 11.5 Å². The molecule has 1 heterocycles. The molecular weight excluding hydrogens is 388 g/mol. The van der Waals surface area contributed by atoms with Crippen LogP contribution in [0.5, 0.6) is 11.5 Å². The lowest BCUT2D eigenvalue weighted by atomic mass is 10.2. The summed E-state index contributed by atoms with van der Waals surface area (Å²) in [7, 11) is 3.03. The molecule has 0 spiro atoms. The number of nitrogens with one attached hydrogen (secondary N) is 2. The molecule has 0 unspecified atom stereocenters. The van der Waals surface area contributed by atoms with Gasteiger partial charge < -0.3 is 14.5 Å². The zero-order chi connectivity index (χ0) is 19.2. The van der Waals surface area contributed by atoms with Crippen molar-refractivity contribution in [3.05, 3.63) is 47.0 Å². The highest BCUT2D eigenvalue weighted by Crippen LogP contribution is 2.35. The summed E-state index contributed by atoms with van der Waals surface area (Å²) in [5.41, 5.74) is 4.94. The maximum Gasteiger partial charge on any atom is 0.250 e. The van der Waals surface area contributed by atoms with E-state index in [1.54, 1.807) is 12.1 Å². The topological polar surface area (TPSA) is 88.6 Å². The number of carbonyl (C=O) groups is 1. The maximum atomic E-state index is 12.0. The summed E-state index contributed by atoms with van der Waals surface area (Å²) in [6.45, 7) is 0. The van der Waals surface area contributed by atoms with Crippen molar-refractivity contribution in [1.82, 2.24) is 15.4 Å². The first-order valence-electron chi connectivity index (χ1n) is 7.91. The van der Waals surface area contributed by atoms with Crippen molar-refractivity contribution in [3.63, 3.8) is 0 Å². The van der Waals surface area contributed by atoms with Crippen molar-refractivity contribution in [1.29, 1.82) is 0 Å². The lowest BCUT2D eigenvalue weighted by molar-refractivity contribution is -0.118. The van der Waals surface area contributed by atoms with Gasteiger partial charge in [0.05, 0.1) is 42.2 Å². The van der Waals surface area contributed by atoms with E-state index in [-0.39, 0.29) is 11.7 Å². The number of aromatic nitrogens is 2. The Kier molecular flexibility index (Phi) is 6.20. The molecule has 0 fully saturated rings. The van der Waals surface area contributed by atoms with E-state index in [4.69, 9.17) is 21.1 Å². The molecule has 1 amide bonds. The summed E-state index contributed by atoms with van der Waals surface area (Å²) in [5.74, 6) is 0.869. The predicted octanol–water partition coefficient (Wildman–Crippen LogP) is 3.48. The summed E-state index contributed by atoms with van der Waals surface area (Å²) in [4.78, 5) is 19.5. The molecule has 9 heteroatoms. The fourth-order valence-corrected chi connectivity index (χ4v) is 3.33. The molecule has 2 aromatic carbocycles. The highest BCUT2D eigenvalue weighted by molar-refractivity contribution is 7.99. The minimum absolute atomic E-state index is 0.184. The number of hydrogen-bond donors (Lipinski definition) is 2. The average Bonchev–Trinajstić information content (AvgIpc) is 3.09. The van der Waals surface area contributed by atoms with Crippen LogP contribution in [-0.2, 0) is 4.79 Å². The van der Waals surface area contributed by atoms with Gasteiger partial charge in [-0.3, -0.25) is 4.79 Å². The minimum atomic E-state index is -0.247. The van der Waals surface area contributed by atoms with Crippen LogP contribution in [0.25, 0.3) is 11.0 Å². The number of methoxy groups -OCH3 is 2. The monoisotopic (exact) mass is 404 g/mol. The number of hydrogen-bond acceptors (Lipinski definition) is 6. The van der Waals surface area contributed by atoms with Gasteiger partial charge in [-0.05, 0) is 29.8 Å². The Morgan fingerprint density at radius 3 is 2.89 bits per heavy atom. The number of benzene rings is 2. The van der Waals surface area contributed by atoms with Gasteiger partial charge in [-0.1, -0.05) is 35.5 Å². The Labute approximate surface area is 165 Å². The number of nitrogens with zero attached hydrogens (tertiary/aromatic N) is 2. The number of H-pyrrole nitrogens is 1. The van der Waals surface area contributed by atoms with Gasteiger partial charge in [0, 0.05) is 0 Å². The number of fused-ring (bicyclic) bond motifs is 1. The number of imidazole rings is 1. The molecule has 0 aliphatic rings. The first-order chi connectivity index (χ1) is 13.1. The molecule has 0 aliphatic heterocycles. The fourth-order valence-electron chi connectivity index (χ4n) is 2.36. The number of hydrazone groups is 1. The van der Waals surface area contributed by atoms with Crippen LogP contribution in [0, 0.1) is 0 Å². The van der Waals surface area contributed by atoms with E-state index in [2.05, 4.69) is 20.5 Å². The zero-order valence-corrected chi connectivity index (χ0v) is 16.2. The quantitative estimate of drug-likeness (QED) is 0.357. The average molecular weight is 405 g/mol. The second-order valence-electron chi connectivity index (χ2n) is 5.38. The van der Waals surface area contributed by atoms with Gasteiger partial charge in [0.2, 0.25) is 0 Å². The van der Waals surface area contributed by atoms with E-state index in [0.29, 0.717) is 27.2 Å². The van der Waals surface area contributed by atoms with Crippen LogP contribution in [0.1, 0.15) is 5.56 Å². The minimum Gasteiger partial charge on any atom is -0.493 e. The molecule has 140 valence electrons. The van der Waals surface area contributed by atoms with E-state index in [0.717, 1.165) is 11.0 Å². The number of amides is 1. The zero-order valence-electron chi connectivity index (χ0n) is 14.7. The number of ether oxygens (including phenoxy) is 2. The summed E-state index contributed by atoms with van der Waals surface area (Å²) in [6.07, 6.45) is 1.48. The van der Waals surface area contributed by atoms with Gasteiger partial charge in [0.1, 0.15) is 0 Å². The Balaban J connectivity index is 1.56. The van der Waals surface area contributed by atoms with E-state index < -0.39 is 0 Å². The first-order valence-corrected chi connectivity index (χ1v) is 9.28. The molecule has 0 radical (unpaired) electrons. The largest absolute Gasteiger partial charge is 0.493 e. The second-order valence-corrected chi connectivity index (χ2v) is 6.75. The number of aromatic amines is 1. The smallest absolute Gasteiger partial charge is 0.250 e. The third-order valence-corrected chi connectivity index (χ3v) is 4.72. The molecule has 1 aromatic heterocycles. The molecule has 0 saturated heterocycles. The van der Waals surface area contributed by atoms with Crippen LogP contribution in [-0.4, -0.2) is 42.1 Å². The Hall–Kier alpha value is -2.71. The van der Waals surface area contributed by atoms with E-state index in [1.165, 1.54) is 32.2 Å². The molecular formula is C18H17ClN4O3S. The summed E-state index contributed by atoms with van der Waals surface area (Å²) in [5, 5.41) is 5.02. The maximum absolute atomic E-state index is 12.0. The number of halogens is 1. The lowest BCUT2D eigenvalue weighted by Gasteiger charge is -2.09. The van der Waals surface area contributed by atoms with E-state index in [1.807, 2.05) is 24.3 Å². The molecule has 3 aromatic rings. The number of para-hydroxylation sites is 2. The van der Waals surface area contributed by atoms with Crippen molar-refractivity contribution < 1.29 is 14.3 Å². The SMILES string of the molecule is COc1cc(/C=N\NC(=O)CSc2nc3ccccc3[nH]2)cc(Cl)c1OC. The molecule has 0 bridgehead atoms. The van der Waals surface area contributed by atoms with Crippen LogP contribution in [0.2, 0.25) is 5.02 Å². The van der Waals surface area contributed by atoms with Gasteiger partial charge in [-0.15, -0.1) is 0 Å².